The number of carbonyl (C=O) groups excluding carboxylic acids is 4. The van der Waals surface area contributed by atoms with Gasteiger partial charge in [-0.25, -0.2) is 9.78 Å². The lowest BCUT2D eigenvalue weighted by molar-refractivity contribution is -0.142. The van der Waals surface area contributed by atoms with Gasteiger partial charge in [0.15, 0.2) is 0 Å². The Morgan fingerprint density at radius 3 is 2.26 bits per heavy atom. The minimum Gasteiger partial charge on any atom is -0.508 e. The molecule has 14 nitrogen and oxygen atoms in total. The molecule has 0 aliphatic rings. The van der Waals surface area contributed by atoms with Gasteiger partial charge in [-0.3, -0.25) is 19.2 Å². The number of imidazole rings is 1. The van der Waals surface area contributed by atoms with Crippen molar-refractivity contribution in [3.8, 4) is 5.75 Å². The highest BCUT2D eigenvalue weighted by molar-refractivity contribution is 5.93. The zero-order chi connectivity index (χ0) is 26.0. The Kier molecular flexibility index (Phi) is 9.71. The molecule has 3 atom stereocenters. The fraction of sp³-hybridized carbons (Fsp3) is 0.333. The minimum atomic E-state index is -1.32. The molecule has 0 saturated carbocycles. The van der Waals surface area contributed by atoms with Gasteiger partial charge in [0.2, 0.25) is 23.6 Å². The first-order valence-corrected chi connectivity index (χ1v) is 10.4. The number of carboxylic acid groups (broad SMARTS) is 1. The van der Waals surface area contributed by atoms with Crippen molar-refractivity contribution in [3.63, 3.8) is 0 Å². The van der Waals surface area contributed by atoms with Gasteiger partial charge in [0.25, 0.3) is 0 Å². The highest BCUT2D eigenvalue weighted by atomic mass is 16.4. The van der Waals surface area contributed by atoms with Crippen molar-refractivity contribution < 1.29 is 34.2 Å². The number of aromatic nitrogens is 2. The summed E-state index contributed by atoms with van der Waals surface area (Å²) >= 11 is 0. The second-order valence-corrected chi connectivity index (χ2v) is 7.67. The number of nitrogens with two attached hydrogens (primary N) is 2. The first-order valence-electron chi connectivity index (χ1n) is 10.4. The number of benzene rings is 1. The second-order valence-electron chi connectivity index (χ2n) is 7.67. The van der Waals surface area contributed by atoms with Crippen LogP contribution in [0.2, 0.25) is 0 Å². The number of aromatic hydroxyl groups is 1. The molecule has 0 spiro atoms. The van der Waals surface area contributed by atoms with E-state index in [-0.39, 0.29) is 18.6 Å². The van der Waals surface area contributed by atoms with Crippen molar-refractivity contribution >= 4 is 29.6 Å². The lowest BCUT2D eigenvalue weighted by Gasteiger charge is -2.21. The van der Waals surface area contributed by atoms with Crippen molar-refractivity contribution in [1.29, 1.82) is 0 Å². The van der Waals surface area contributed by atoms with Crippen LogP contribution in [0.3, 0.4) is 0 Å². The maximum absolute atomic E-state index is 12.9. The number of hydrogen-bond donors (Lipinski definition) is 8. The predicted octanol–water partition coefficient (Wildman–Crippen LogP) is -2.73. The van der Waals surface area contributed by atoms with Crippen LogP contribution in [0.4, 0.5) is 0 Å². The van der Waals surface area contributed by atoms with Gasteiger partial charge in [-0.2, -0.15) is 0 Å². The van der Waals surface area contributed by atoms with E-state index in [1.165, 1.54) is 36.8 Å². The number of phenolic OH excluding ortho intramolecular Hbond substituents is 1. The van der Waals surface area contributed by atoms with Crippen LogP contribution in [0.25, 0.3) is 0 Å². The van der Waals surface area contributed by atoms with E-state index in [1.54, 1.807) is 0 Å². The van der Waals surface area contributed by atoms with Crippen molar-refractivity contribution in [2.75, 3.05) is 6.54 Å². The van der Waals surface area contributed by atoms with Crippen LogP contribution in [0.15, 0.2) is 36.8 Å². The van der Waals surface area contributed by atoms with Gasteiger partial charge < -0.3 is 42.6 Å². The second kappa shape index (κ2) is 12.7. The molecular weight excluding hydrogens is 462 g/mol. The third-order valence-corrected chi connectivity index (χ3v) is 4.80. The number of primary amides is 1. The number of rotatable bonds is 13. The number of carboxylic acids is 1. The molecule has 0 aliphatic carbocycles. The smallest absolute Gasteiger partial charge is 0.326 e. The molecule has 0 radical (unpaired) electrons. The summed E-state index contributed by atoms with van der Waals surface area (Å²) in [5, 5.41) is 26.0. The number of phenols is 1. The normalized spacial score (nSPS) is 13.2. The van der Waals surface area contributed by atoms with Gasteiger partial charge >= 0.3 is 5.97 Å². The maximum Gasteiger partial charge on any atom is 0.326 e. The molecule has 1 aromatic heterocycles. The quantitative estimate of drug-likeness (QED) is 0.145. The number of amides is 4. The van der Waals surface area contributed by atoms with Gasteiger partial charge in [0.05, 0.1) is 25.3 Å². The van der Waals surface area contributed by atoms with E-state index in [0.29, 0.717) is 11.3 Å². The van der Waals surface area contributed by atoms with Crippen molar-refractivity contribution in [2.24, 2.45) is 11.5 Å². The van der Waals surface area contributed by atoms with Crippen LogP contribution in [-0.2, 0) is 36.8 Å². The molecule has 3 unspecified atom stereocenters. The van der Waals surface area contributed by atoms with Crippen LogP contribution in [0, 0.1) is 0 Å². The fourth-order valence-corrected chi connectivity index (χ4v) is 3.02. The molecule has 1 aromatic carbocycles. The van der Waals surface area contributed by atoms with E-state index in [4.69, 9.17) is 11.5 Å². The highest BCUT2D eigenvalue weighted by Gasteiger charge is 2.28. The van der Waals surface area contributed by atoms with Crippen LogP contribution in [0.1, 0.15) is 17.7 Å². The van der Waals surface area contributed by atoms with Crippen LogP contribution in [-0.4, -0.2) is 74.4 Å². The number of aliphatic carboxylic acids is 1. The molecule has 2 rings (SSSR count). The molecule has 2 aromatic rings. The topological polar surface area (TPSA) is 243 Å². The molecule has 188 valence electrons. The maximum atomic E-state index is 12.9. The van der Waals surface area contributed by atoms with Crippen molar-refractivity contribution in [3.05, 3.63) is 48.0 Å². The van der Waals surface area contributed by atoms with Crippen LogP contribution >= 0.6 is 0 Å². The lowest BCUT2D eigenvalue weighted by Crippen LogP contribution is -2.55. The Hall–Kier alpha value is -4.46. The molecule has 14 heteroatoms. The molecule has 0 fully saturated rings. The van der Waals surface area contributed by atoms with Crippen molar-refractivity contribution in [2.45, 2.75) is 37.4 Å². The fourth-order valence-electron chi connectivity index (χ4n) is 3.02. The zero-order valence-electron chi connectivity index (χ0n) is 18.6. The summed E-state index contributed by atoms with van der Waals surface area (Å²) in [6, 6.07) is 2.06. The van der Waals surface area contributed by atoms with E-state index < -0.39 is 60.7 Å². The Bertz CT molecular complexity index is 1040. The lowest BCUT2D eigenvalue weighted by atomic mass is 10.0. The number of hydrogen-bond acceptors (Lipinski definition) is 8. The molecule has 1 heterocycles. The monoisotopic (exact) mass is 489 g/mol. The highest BCUT2D eigenvalue weighted by Crippen LogP contribution is 2.12. The molecule has 0 aliphatic heterocycles. The summed E-state index contributed by atoms with van der Waals surface area (Å²) in [5.41, 5.74) is 11.5. The van der Waals surface area contributed by atoms with Gasteiger partial charge in [-0.1, -0.05) is 12.1 Å². The zero-order valence-corrected chi connectivity index (χ0v) is 18.6. The predicted molar refractivity (Wildman–Crippen MR) is 120 cm³/mol. The average molecular weight is 489 g/mol. The Labute approximate surface area is 199 Å². The minimum absolute atomic E-state index is 0.00895. The molecule has 0 saturated heterocycles. The number of H-pyrrole nitrogens is 1. The number of aromatic amines is 1. The number of carbonyl (C=O) groups is 5. The number of nitrogens with zero attached hydrogens (tertiary/aromatic N) is 1. The third-order valence-electron chi connectivity index (χ3n) is 4.80. The largest absolute Gasteiger partial charge is 0.508 e. The van der Waals surface area contributed by atoms with Crippen LogP contribution < -0.4 is 27.4 Å². The summed E-state index contributed by atoms with van der Waals surface area (Å²) in [6.07, 6.45) is 2.29. The standard InChI is InChI=1S/C21H27N7O7/c22-14(7-17(23)30)19(32)25-9-18(31)27-15(6-12-8-24-10-26-12)20(33)28-16(21(34)35)5-11-1-3-13(29)4-2-11/h1-4,8,10,14-16,29H,5-7,9,22H2,(H2,23,30)(H,24,26)(H,25,32)(H,27,31)(H,28,33)(H,34,35). The van der Waals surface area contributed by atoms with E-state index in [9.17, 15) is 34.2 Å². The van der Waals surface area contributed by atoms with Crippen molar-refractivity contribution in [1.82, 2.24) is 25.9 Å². The van der Waals surface area contributed by atoms with Gasteiger partial charge in [0.1, 0.15) is 17.8 Å². The molecule has 0 bridgehead atoms. The SMILES string of the molecule is NC(=O)CC(N)C(=O)NCC(=O)NC(Cc1cnc[nH]1)C(=O)NC(Cc1ccc(O)cc1)C(=O)O. The van der Waals surface area contributed by atoms with E-state index >= 15 is 0 Å². The van der Waals surface area contributed by atoms with E-state index in [2.05, 4.69) is 25.9 Å². The third kappa shape index (κ3) is 9.13. The molecule has 35 heavy (non-hydrogen) atoms. The molecule has 4 amide bonds. The average Bonchev–Trinajstić information content (AvgIpc) is 3.30. The molecular formula is C21H27N7O7. The van der Waals surface area contributed by atoms with E-state index in [1.807, 2.05) is 0 Å². The summed E-state index contributed by atoms with van der Waals surface area (Å²) in [4.78, 5) is 66.4. The van der Waals surface area contributed by atoms with Gasteiger partial charge in [-0.15, -0.1) is 0 Å². The Morgan fingerprint density at radius 1 is 1.00 bits per heavy atom. The first kappa shape index (κ1) is 26.8. The summed E-state index contributed by atoms with van der Waals surface area (Å²) in [6.45, 7) is -0.548. The van der Waals surface area contributed by atoms with Gasteiger partial charge in [0, 0.05) is 24.7 Å². The Morgan fingerprint density at radius 2 is 1.69 bits per heavy atom. The number of nitrogens with one attached hydrogen (secondary N) is 4. The summed E-state index contributed by atoms with van der Waals surface area (Å²) in [7, 11) is 0. The van der Waals surface area contributed by atoms with E-state index in [0.717, 1.165) is 0 Å². The van der Waals surface area contributed by atoms with Crippen LogP contribution in [0.5, 0.6) is 5.75 Å². The molecule has 10 N–H and O–H groups in total. The summed E-state index contributed by atoms with van der Waals surface area (Å²) < 4.78 is 0. The summed E-state index contributed by atoms with van der Waals surface area (Å²) in [5.74, 6) is -4.39. The Balaban J connectivity index is 2.04. The van der Waals surface area contributed by atoms with Gasteiger partial charge in [-0.05, 0) is 17.7 Å². The first-order chi connectivity index (χ1) is 16.5.